The van der Waals surface area contributed by atoms with Crippen molar-refractivity contribution >= 4 is 26.1 Å². The Bertz CT molecular complexity index is 1630. The summed E-state index contributed by atoms with van der Waals surface area (Å²) >= 11 is 0. The zero-order valence-electron chi connectivity index (χ0n) is 24.1. The first-order valence-corrected chi connectivity index (χ1v) is 15.1. The number of carbonyl (C=O) groups is 1. The van der Waals surface area contributed by atoms with Crippen molar-refractivity contribution in [1.29, 1.82) is 0 Å². The van der Waals surface area contributed by atoms with Gasteiger partial charge in [-0.1, -0.05) is 12.1 Å². The average Bonchev–Trinajstić information content (AvgIpc) is 3.52. The number of benzene rings is 1. The summed E-state index contributed by atoms with van der Waals surface area (Å²) in [6.07, 6.45) is 8.31. The molecule has 1 aliphatic carbocycles. The zero-order chi connectivity index (χ0) is 31.0. The monoisotopic (exact) mass is 623 g/mol. The molecular formula is C31H33F3N7O2P. The van der Waals surface area contributed by atoms with Crippen LogP contribution in [0, 0.1) is 17.6 Å². The van der Waals surface area contributed by atoms with Gasteiger partial charge in [0.2, 0.25) is 0 Å². The molecule has 44 heavy (non-hydrogen) atoms. The Morgan fingerprint density at radius 3 is 2.64 bits per heavy atom. The number of nitrogens with two attached hydrogens (primary N) is 1. The molecule has 5 atom stereocenters. The number of nitrogens with zero attached hydrogens (tertiary/aromatic N) is 5. The van der Waals surface area contributed by atoms with Gasteiger partial charge in [-0.3, -0.25) is 9.78 Å². The Balaban J connectivity index is 1.25. The lowest BCUT2D eigenvalue weighted by Crippen LogP contribution is -2.42. The predicted octanol–water partition coefficient (Wildman–Crippen LogP) is 4.82. The summed E-state index contributed by atoms with van der Waals surface area (Å²) in [5.41, 5.74) is 5.77. The maximum Gasteiger partial charge on any atom is 0.274 e. The van der Waals surface area contributed by atoms with Crippen molar-refractivity contribution in [2.75, 3.05) is 18.5 Å². The highest BCUT2D eigenvalue weighted by molar-refractivity contribution is 7.28. The van der Waals surface area contributed by atoms with Gasteiger partial charge in [-0.05, 0) is 71.4 Å². The third-order valence-electron chi connectivity index (χ3n) is 8.76. The van der Waals surface area contributed by atoms with Crippen LogP contribution in [0.1, 0.15) is 66.2 Å². The highest BCUT2D eigenvalue weighted by atomic mass is 31.0. The first-order valence-electron chi connectivity index (χ1n) is 14.5. The summed E-state index contributed by atoms with van der Waals surface area (Å²) in [5.74, 6) is -2.03. The standard InChI is InChI=1S/C31H33F3N7O2P/c1-17-12-18(13-23(35)29(17)41-9-8-37-40-41)20-4-7-36-16-25(20)39-30(42)24-3-2-21(32)28(38-24)27-22(33)14-19(15-26(27)44)31(34)5-10-43-11-6-31/h2-4,7-9,14-18,23,29H,5-6,10-13,35,44H2,1H3,(H,39,42). The van der Waals surface area contributed by atoms with Gasteiger partial charge in [-0.25, -0.2) is 22.8 Å². The number of anilines is 1. The second-order valence-corrected chi connectivity index (χ2v) is 12.2. The van der Waals surface area contributed by atoms with Crippen LogP contribution in [-0.4, -0.2) is 50.1 Å². The molecule has 1 aliphatic heterocycles. The molecule has 4 heterocycles. The lowest BCUT2D eigenvalue weighted by molar-refractivity contribution is -0.0115. The van der Waals surface area contributed by atoms with Gasteiger partial charge in [0.15, 0.2) is 0 Å². The molecule has 0 bridgehead atoms. The number of aromatic nitrogens is 5. The molecular weight excluding hydrogens is 590 g/mol. The van der Waals surface area contributed by atoms with Crippen LogP contribution in [0.4, 0.5) is 18.9 Å². The van der Waals surface area contributed by atoms with Crippen LogP contribution in [0.2, 0.25) is 0 Å². The minimum Gasteiger partial charge on any atom is -0.381 e. The van der Waals surface area contributed by atoms with Crippen molar-refractivity contribution in [1.82, 2.24) is 25.0 Å². The van der Waals surface area contributed by atoms with Gasteiger partial charge in [0.25, 0.3) is 5.91 Å². The molecule has 0 radical (unpaired) electrons. The molecule has 1 saturated heterocycles. The van der Waals surface area contributed by atoms with Crippen molar-refractivity contribution in [2.24, 2.45) is 11.7 Å². The van der Waals surface area contributed by atoms with E-state index in [9.17, 15) is 4.79 Å². The van der Waals surface area contributed by atoms with Gasteiger partial charge in [0.05, 0.1) is 24.1 Å². The van der Waals surface area contributed by atoms with E-state index in [0.717, 1.165) is 24.1 Å². The SMILES string of the molecule is CC1CC(c2ccncc2NC(=O)c2ccc(F)c(-c3c(F)cc(C4(F)CCOCC4)cc3P)n2)CC(N)C1n1ccnn1. The molecule has 5 unspecified atom stereocenters. The van der Waals surface area contributed by atoms with Crippen molar-refractivity contribution in [3.63, 3.8) is 0 Å². The van der Waals surface area contributed by atoms with E-state index in [1.54, 1.807) is 23.3 Å². The van der Waals surface area contributed by atoms with E-state index in [-0.39, 0.29) is 77.8 Å². The molecule has 3 N–H and O–H groups in total. The van der Waals surface area contributed by atoms with Crippen LogP contribution in [0.3, 0.4) is 0 Å². The Morgan fingerprint density at radius 1 is 1.14 bits per heavy atom. The zero-order valence-corrected chi connectivity index (χ0v) is 25.2. The quantitative estimate of drug-likeness (QED) is 0.296. The van der Waals surface area contributed by atoms with Gasteiger partial charge in [-0.2, -0.15) is 0 Å². The number of amides is 1. The second kappa shape index (κ2) is 12.3. The van der Waals surface area contributed by atoms with E-state index in [1.165, 1.54) is 12.1 Å². The summed E-state index contributed by atoms with van der Waals surface area (Å²) < 4.78 is 53.1. The van der Waals surface area contributed by atoms with E-state index in [2.05, 4.69) is 41.8 Å². The maximum absolute atomic E-state index is 15.5. The number of nitrogens with one attached hydrogen (secondary N) is 1. The molecule has 6 rings (SSSR count). The minimum atomic E-state index is -1.74. The van der Waals surface area contributed by atoms with E-state index < -0.39 is 23.2 Å². The van der Waals surface area contributed by atoms with Gasteiger partial charge >= 0.3 is 0 Å². The van der Waals surface area contributed by atoms with Crippen molar-refractivity contribution in [3.8, 4) is 11.3 Å². The van der Waals surface area contributed by atoms with E-state index in [0.29, 0.717) is 12.1 Å². The third-order valence-corrected chi connectivity index (χ3v) is 9.22. The van der Waals surface area contributed by atoms with Crippen LogP contribution < -0.4 is 16.4 Å². The molecule has 1 saturated carbocycles. The number of pyridine rings is 2. The van der Waals surface area contributed by atoms with E-state index in [1.807, 2.05) is 12.3 Å². The molecule has 4 aromatic rings. The summed E-state index contributed by atoms with van der Waals surface area (Å²) in [6.45, 7) is 2.58. The highest BCUT2D eigenvalue weighted by Crippen LogP contribution is 2.43. The lowest BCUT2D eigenvalue weighted by Gasteiger charge is -2.39. The molecule has 230 valence electrons. The van der Waals surface area contributed by atoms with Crippen LogP contribution in [0.5, 0.6) is 0 Å². The molecule has 2 aliphatic rings. The fourth-order valence-electron chi connectivity index (χ4n) is 6.58. The predicted molar refractivity (Wildman–Crippen MR) is 162 cm³/mol. The first kappa shape index (κ1) is 30.3. The Kier molecular flexibility index (Phi) is 8.50. The van der Waals surface area contributed by atoms with Crippen LogP contribution in [-0.2, 0) is 10.4 Å². The van der Waals surface area contributed by atoms with E-state index in [4.69, 9.17) is 10.5 Å². The van der Waals surface area contributed by atoms with Gasteiger partial charge in [0.1, 0.15) is 28.7 Å². The summed E-state index contributed by atoms with van der Waals surface area (Å²) in [6, 6.07) is 6.52. The normalized spacial score (nSPS) is 23.3. The number of ether oxygens (including phenoxy) is 1. The number of alkyl halides is 1. The maximum atomic E-state index is 15.5. The minimum absolute atomic E-state index is 0.00124. The molecule has 3 aromatic heterocycles. The van der Waals surface area contributed by atoms with Gasteiger partial charge in [0, 0.05) is 50.1 Å². The largest absolute Gasteiger partial charge is 0.381 e. The molecule has 2 fully saturated rings. The summed E-state index contributed by atoms with van der Waals surface area (Å²) in [4.78, 5) is 21.8. The molecule has 9 nitrogen and oxygen atoms in total. The Labute approximate surface area is 255 Å². The first-order chi connectivity index (χ1) is 21.1. The number of halogens is 3. The number of rotatable bonds is 6. The fourth-order valence-corrected chi connectivity index (χ4v) is 7.03. The molecule has 1 amide bonds. The van der Waals surface area contributed by atoms with Crippen LogP contribution in [0.15, 0.2) is 55.1 Å². The number of hydrogen-bond acceptors (Lipinski definition) is 7. The second-order valence-electron chi connectivity index (χ2n) is 11.6. The Morgan fingerprint density at radius 2 is 1.93 bits per heavy atom. The molecule has 0 spiro atoms. The van der Waals surface area contributed by atoms with Crippen LogP contribution >= 0.6 is 9.24 Å². The van der Waals surface area contributed by atoms with Gasteiger partial charge in [-0.15, -0.1) is 14.3 Å². The molecule has 13 heteroatoms. The lowest BCUT2D eigenvalue weighted by atomic mass is 9.73. The molecule has 1 aromatic carbocycles. The van der Waals surface area contributed by atoms with Crippen LogP contribution in [0.25, 0.3) is 11.3 Å². The van der Waals surface area contributed by atoms with Crippen molar-refractivity contribution in [3.05, 3.63) is 83.6 Å². The van der Waals surface area contributed by atoms with E-state index >= 15 is 13.2 Å². The van der Waals surface area contributed by atoms with Crippen molar-refractivity contribution < 1.29 is 22.7 Å². The summed E-state index contributed by atoms with van der Waals surface area (Å²) in [5, 5.41) is 11.2. The fraction of sp³-hybridized carbons (Fsp3) is 0.387. The average molecular weight is 624 g/mol. The topological polar surface area (TPSA) is 121 Å². The number of carbonyl (C=O) groups excluding carboxylic acids is 1. The Hall–Kier alpha value is -3.73. The van der Waals surface area contributed by atoms with Crippen molar-refractivity contribution in [2.45, 2.75) is 56.3 Å². The smallest absolute Gasteiger partial charge is 0.274 e. The summed E-state index contributed by atoms with van der Waals surface area (Å²) in [7, 11) is 2.33. The van der Waals surface area contributed by atoms with Gasteiger partial charge < -0.3 is 15.8 Å². The third kappa shape index (κ3) is 5.86. The highest BCUT2D eigenvalue weighted by Gasteiger charge is 2.37. The number of hydrogen-bond donors (Lipinski definition) is 2.